The van der Waals surface area contributed by atoms with Gasteiger partial charge in [-0.15, -0.1) is 0 Å². The zero-order valence-electron chi connectivity index (χ0n) is 16.6. The monoisotopic (exact) mass is 425 g/mol. The average molecular weight is 426 g/mol. The number of carbonyl (C=O) groups is 1. The number of nitrogens with one attached hydrogen (secondary N) is 1. The van der Waals surface area contributed by atoms with Crippen molar-refractivity contribution in [3.05, 3.63) is 72.5 Å². The molecule has 7 nitrogen and oxygen atoms in total. The Morgan fingerprint density at radius 2 is 1.80 bits per heavy atom. The molecule has 1 aliphatic rings. The van der Waals surface area contributed by atoms with E-state index in [1.165, 1.54) is 4.31 Å². The first-order valence-electron chi connectivity index (χ1n) is 9.73. The van der Waals surface area contributed by atoms with Crippen molar-refractivity contribution in [3.63, 3.8) is 0 Å². The lowest BCUT2D eigenvalue weighted by atomic mass is 9.81. The third kappa shape index (κ3) is 3.76. The Morgan fingerprint density at radius 3 is 2.47 bits per heavy atom. The summed E-state index contributed by atoms with van der Waals surface area (Å²) in [5.74, 6) is 0.349. The number of hydrogen-bond acceptors (Lipinski definition) is 5. The number of aromatic nitrogens is 1. The third-order valence-corrected chi connectivity index (χ3v) is 7.41. The normalized spacial score (nSPS) is 19.6. The first-order valence-corrected chi connectivity index (χ1v) is 11.2. The van der Waals surface area contributed by atoms with Crippen LogP contribution in [0.15, 0.2) is 76.1 Å². The molecule has 0 radical (unpaired) electrons. The highest BCUT2D eigenvalue weighted by Gasteiger charge is 2.48. The molecular formula is C22H23N3O4S. The average Bonchev–Trinajstić information content (AvgIpc) is 3.43. The Labute approximate surface area is 175 Å². The second-order valence-electron chi connectivity index (χ2n) is 7.48. The number of sulfonamides is 1. The molecule has 4 rings (SSSR count). The molecule has 0 aliphatic carbocycles. The standard InChI is InChI=1S/C22H23N3O4S/c1-23-21(26)22(15-18-14-20(24-29-18)17-8-4-2-5-9-17)12-13-25(16-22)30(27,28)19-10-6-3-7-11-19/h2-11,14H,12-13,15-16H2,1H3,(H,23,26). The molecule has 3 aromatic rings. The van der Waals surface area contributed by atoms with Gasteiger partial charge in [-0.05, 0) is 18.6 Å². The number of amides is 1. The van der Waals surface area contributed by atoms with Crippen LogP contribution < -0.4 is 5.32 Å². The van der Waals surface area contributed by atoms with Crippen molar-refractivity contribution in [2.24, 2.45) is 5.41 Å². The summed E-state index contributed by atoms with van der Waals surface area (Å²) in [6.07, 6.45) is 0.674. The summed E-state index contributed by atoms with van der Waals surface area (Å²) >= 11 is 0. The first-order chi connectivity index (χ1) is 14.4. The molecule has 0 spiro atoms. The molecule has 0 bridgehead atoms. The van der Waals surface area contributed by atoms with Crippen LogP contribution in [0, 0.1) is 5.41 Å². The topological polar surface area (TPSA) is 92.5 Å². The molecule has 30 heavy (non-hydrogen) atoms. The van der Waals surface area contributed by atoms with Crippen LogP contribution in [-0.4, -0.2) is 43.9 Å². The quantitative estimate of drug-likeness (QED) is 0.656. The smallest absolute Gasteiger partial charge is 0.243 e. The predicted octanol–water partition coefficient (Wildman–Crippen LogP) is 2.71. The zero-order chi connectivity index (χ0) is 21.2. The molecule has 1 aliphatic heterocycles. The second kappa shape index (κ2) is 8.04. The molecule has 1 unspecified atom stereocenters. The van der Waals surface area contributed by atoms with Gasteiger partial charge in [-0.1, -0.05) is 53.7 Å². The Bertz CT molecular complexity index is 1130. The van der Waals surface area contributed by atoms with Crippen LogP contribution >= 0.6 is 0 Å². The maximum atomic E-state index is 13.0. The van der Waals surface area contributed by atoms with Crippen molar-refractivity contribution < 1.29 is 17.7 Å². The molecule has 1 N–H and O–H groups in total. The van der Waals surface area contributed by atoms with Crippen molar-refractivity contribution >= 4 is 15.9 Å². The van der Waals surface area contributed by atoms with E-state index in [1.54, 1.807) is 37.4 Å². The van der Waals surface area contributed by atoms with E-state index in [2.05, 4.69) is 10.5 Å². The van der Waals surface area contributed by atoms with Gasteiger partial charge < -0.3 is 9.84 Å². The lowest BCUT2D eigenvalue weighted by molar-refractivity contribution is -0.129. The number of benzene rings is 2. The van der Waals surface area contributed by atoms with Gasteiger partial charge in [0.2, 0.25) is 15.9 Å². The van der Waals surface area contributed by atoms with E-state index < -0.39 is 15.4 Å². The minimum Gasteiger partial charge on any atom is -0.361 e. The fourth-order valence-electron chi connectivity index (χ4n) is 3.93. The van der Waals surface area contributed by atoms with E-state index >= 15 is 0 Å². The van der Waals surface area contributed by atoms with Gasteiger partial charge in [0.05, 0.1) is 10.3 Å². The van der Waals surface area contributed by atoms with Crippen LogP contribution in [0.5, 0.6) is 0 Å². The van der Waals surface area contributed by atoms with Crippen LogP contribution in [0.4, 0.5) is 0 Å². The molecule has 8 heteroatoms. The summed E-state index contributed by atoms with van der Waals surface area (Å²) in [6, 6.07) is 19.7. The molecule has 1 saturated heterocycles. The highest BCUT2D eigenvalue weighted by Crippen LogP contribution is 2.38. The first kappa shape index (κ1) is 20.3. The van der Waals surface area contributed by atoms with Crippen molar-refractivity contribution in [3.8, 4) is 11.3 Å². The minimum absolute atomic E-state index is 0.0886. The number of nitrogens with zero attached hydrogens (tertiary/aromatic N) is 2. The molecule has 156 valence electrons. The van der Waals surface area contributed by atoms with E-state index in [9.17, 15) is 13.2 Å². The summed E-state index contributed by atoms with van der Waals surface area (Å²) in [7, 11) is -2.11. The molecule has 1 amide bonds. The fraction of sp³-hybridized carbons (Fsp3) is 0.273. The van der Waals surface area contributed by atoms with Gasteiger partial charge in [-0.25, -0.2) is 8.42 Å². The summed E-state index contributed by atoms with van der Waals surface area (Å²) in [5.41, 5.74) is 0.690. The van der Waals surface area contributed by atoms with Crippen LogP contribution in [0.1, 0.15) is 12.2 Å². The molecule has 0 saturated carbocycles. The molecule has 2 aromatic carbocycles. The Morgan fingerprint density at radius 1 is 1.13 bits per heavy atom. The van der Waals surface area contributed by atoms with Gasteiger partial charge in [0, 0.05) is 38.2 Å². The number of rotatable bonds is 6. The maximum absolute atomic E-state index is 13.0. The number of hydrogen-bond donors (Lipinski definition) is 1. The summed E-state index contributed by atoms with van der Waals surface area (Å²) in [6.45, 7) is 0.357. The Balaban J connectivity index is 1.60. The van der Waals surface area contributed by atoms with Crippen molar-refractivity contribution in [1.82, 2.24) is 14.8 Å². The fourth-order valence-corrected chi connectivity index (χ4v) is 5.48. The van der Waals surface area contributed by atoms with E-state index in [4.69, 9.17) is 4.52 Å². The summed E-state index contributed by atoms with van der Waals surface area (Å²) in [5, 5.41) is 6.82. The third-order valence-electron chi connectivity index (χ3n) is 5.55. The molecular weight excluding hydrogens is 402 g/mol. The second-order valence-corrected chi connectivity index (χ2v) is 9.42. The molecule has 1 aromatic heterocycles. The summed E-state index contributed by atoms with van der Waals surface area (Å²) in [4.78, 5) is 13.1. The molecule has 1 atom stereocenters. The van der Waals surface area contributed by atoms with E-state index in [-0.39, 0.29) is 30.3 Å². The van der Waals surface area contributed by atoms with Gasteiger partial charge in [0.15, 0.2) is 0 Å². The molecule has 2 heterocycles. The molecule has 1 fully saturated rings. The number of carbonyl (C=O) groups excluding carboxylic acids is 1. The van der Waals surface area contributed by atoms with Gasteiger partial charge in [0.1, 0.15) is 11.5 Å². The zero-order valence-corrected chi connectivity index (χ0v) is 17.4. The maximum Gasteiger partial charge on any atom is 0.243 e. The largest absolute Gasteiger partial charge is 0.361 e. The van der Waals surface area contributed by atoms with Crippen LogP contribution in [0.2, 0.25) is 0 Å². The van der Waals surface area contributed by atoms with E-state index in [1.807, 2.05) is 36.4 Å². The van der Waals surface area contributed by atoms with Gasteiger partial charge in [-0.2, -0.15) is 4.31 Å². The SMILES string of the molecule is CNC(=O)C1(Cc2cc(-c3ccccc3)no2)CCN(S(=O)(=O)c2ccccc2)C1. The highest BCUT2D eigenvalue weighted by atomic mass is 32.2. The van der Waals surface area contributed by atoms with Crippen LogP contribution in [0.25, 0.3) is 11.3 Å². The minimum atomic E-state index is -3.67. The van der Waals surface area contributed by atoms with Gasteiger partial charge >= 0.3 is 0 Å². The van der Waals surface area contributed by atoms with Crippen molar-refractivity contribution in [2.45, 2.75) is 17.7 Å². The predicted molar refractivity (Wildman–Crippen MR) is 112 cm³/mol. The summed E-state index contributed by atoms with van der Waals surface area (Å²) < 4.78 is 33.0. The Hall–Kier alpha value is -2.97. The Kier molecular flexibility index (Phi) is 5.44. The van der Waals surface area contributed by atoms with E-state index in [0.29, 0.717) is 17.9 Å². The lowest BCUT2D eigenvalue weighted by Crippen LogP contribution is -2.44. The lowest BCUT2D eigenvalue weighted by Gasteiger charge is -2.26. The van der Waals surface area contributed by atoms with Gasteiger partial charge in [-0.3, -0.25) is 4.79 Å². The van der Waals surface area contributed by atoms with Gasteiger partial charge in [0.25, 0.3) is 0 Å². The van der Waals surface area contributed by atoms with Crippen LogP contribution in [-0.2, 0) is 21.2 Å². The highest BCUT2D eigenvalue weighted by molar-refractivity contribution is 7.89. The van der Waals surface area contributed by atoms with Crippen molar-refractivity contribution in [2.75, 3.05) is 20.1 Å². The van der Waals surface area contributed by atoms with Crippen LogP contribution in [0.3, 0.4) is 0 Å². The van der Waals surface area contributed by atoms with E-state index in [0.717, 1.165) is 5.56 Å². The van der Waals surface area contributed by atoms with Crippen molar-refractivity contribution in [1.29, 1.82) is 0 Å².